The summed E-state index contributed by atoms with van der Waals surface area (Å²) in [6, 6.07) is 5.27. The van der Waals surface area contributed by atoms with E-state index in [1.54, 1.807) is 39.0 Å². The molecule has 0 spiro atoms. The number of hydrogen-bond donors (Lipinski definition) is 3. The van der Waals surface area contributed by atoms with E-state index in [-0.39, 0.29) is 0 Å². The van der Waals surface area contributed by atoms with Crippen molar-refractivity contribution in [3.8, 4) is 0 Å². The van der Waals surface area contributed by atoms with Gasteiger partial charge in [-0.25, -0.2) is 4.79 Å². The third-order valence-electron chi connectivity index (χ3n) is 2.45. The topological polar surface area (TPSA) is 84.6 Å². The van der Waals surface area contributed by atoms with Crippen molar-refractivity contribution in [1.29, 1.82) is 0 Å². The lowest BCUT2D eigenvalue weighted by Gasteiger charge is -2.21. The van der Waals surface area contributed by atoms with Crippen molar-refractivity contribution in [2.45, 2.75) is 38.9 Å². The van der Waals surface area contributed by atoms with Gasteiger partial charge < -0.3 is 15.6 Å². The van der Waals surface area contributed by atoms with Crippen molar-refractivity contribution in [3.63, 3.8) is 0 Å². The van der Waals surface area contributed by atoms with E-state index >= 15 is 0 Å². The molecule has 0 saturated carbocycles. The van der Waals surface area contributed by atoms with E-state index in [2.05, 4.69) is 21.2 Å². The van der Waals surface area contributed by atoms with E-state index in [4.69, 9.17) is 10.5 Å². The summed E-state index contributed by atoms with van der Waals surface area (Å²) in [5, 5.41) is 12.7. The van der Waals surface area contributed by atoms with Gasteiger partial charge >= 0.3 is 6.09 Å². The first kappa shape index (κ1) is 16.9. The normalized spacial score (nSPS) is 12.9. The fraction of sp³-hybridized carbons (Fsp3) is 0.500. The zero-order chi connectivity index (χ0) is 15.3. The van der Waals surface area contributed by atoms with Gasteiger partial charge in [-0.3, -0.25) is 5.32 Å². The van der Waals surface area contributed by atoms with Crippen LogP contribution in [0.1, 0.15) is 38.9 Å². The van der Waals surface area contributed by atoms with E-state index in [1.807, 2.05) is 0 Å². The van der Waals surface area contributed by atoms with Crippen LogP contribution in [0.5, 0.6) is 0 Å². The van der Waals surface area contributed by atoms with Crippen LogP contribution in [-0.2, 0) is 4.74 Å². The Hall–Kier alpha value is -1.11. The molecule has 0 radical (unpaired) electrons. The number of nitrogens with one attached hydrogen (secondary N) is 1. The van der Waals surface area contributed by atoms with Crippen molar-refractivity contribution in [3.05, 3.63) is 28.2 Å². The van der Waals surface area contributed by atoms with Gasteiger partial charge in [0.1, 0.15) is 5.60 Å². The Morgan fingerprint density at radius 1 is 1.50 bits per heavy atom. The second-order valence-electron chi connectivity index (χ2n) is 5.45. The minimum atomic E-state index is -0.724. The molecule has 1 aromatic rings. The summed E-state index contributed by atoms with van der Waals surface area (Å²) in [5.74, 6) is 0. The van der Waals surface area contributed by atoms with Gasteiger partial charge in [0.2, 0.25) is 0 Å². The molecule has 0 bridgehead atoms. The molecule has 0 unspecified atom stereocenters. The third kappa shape index (κ3) is 5.48. The monoisotopic (exact) mass is 344 g/mol. The highest BCUT2D eigenvalue weighted by molar-refractivity contribution is 9.10. The molecule has 1 atom stereocenters. The zero-order valence-electron chi connectivity index (χ0n) is 11.9. The molecule has 0 aliphatic heterocycles. The maximum atomic E-state index is 11.8. The van der Waals surface area contributed by atoms with Crippen LogP contribution < -0.4 is 11.1 Å². The molecular formula is C14H21BrN2O3. The van der Waals surface area contributed by atoms with Gasteiger partial charge in [0, 0.05) is 10.0 Å². The highest BCUT2D eigenvalue weighted by Gasteiger charge is 2.19. The third-order valence-corrected chi connectivity index (χ3v) is 2.94. The van der Waals surface area contributed by atoms with Crippen LogP contribution in [0, 0.1) is 0 Å². The second-order valence-corrected chi connectivity index (χ2v) is 6.37. The van der Waals surface area contributed by atoms with Crippen LogP contribution in [0.15, 0.2) is 22.7 Å². The molecule has 0 aliphatic rings. The minimum absolute atomic E-state index is 0.364. The number of amides is 1. The molecule has 0 aromatic heterocycles. The van der Waals surface area contributed by atoms with E-state index in [0.717, 1.165) is 4.47 Å². The van der Waals surface area contributed by atoms with E-state index in [1.165, 1.54) is 0 Å². The molecule has 0 heterocycles. The summed E-state index contributed by atoms with van der Waals surface area (Å²) in [7, 11) is 0. The Morgan fingerprint density at radius 2 is 2.15 bits per heavy atom. The fourth-order valence-corrected chi connectivity index (χ4v) is 2.02. The molecule has 112 valence electrons. The highest BCUT2D eigenvalue weighted by Crippen LogP contribution is 2.28. The van der Waals surface area contributed by atoms with Crippen molar-refractivity contribution >= 4 is 27.7 Å². The number of aliphatic hydroxyl groups excluding tert-OH is 1. The lowest BCUT2D eigenvalue weighted by molar-refractivity contribution is 0.0635. The maximum absolute atomic E-state index is 11.8. The molecule has 1 rings (SSSR count). The standard InChI is InChI=1S/C14H21BrN2O3/c1-14(2,3)20-13(19)17-11-8-9(15)4-5-10(11)12(18)6-7-16/h4-5,8,12,18H,6-7,16H2,1-3H3,(H,17,19)/t12-/m1/s1. The maximum Gasteiger partial charge on any atom is 0.412 e. The number of anilines is 1. The number of nitrogens with two attached hydrogens (primary N) is 1. The summed E-state index contributed by atoms with van der Waals surface area (Å²) in [4.78, 5) is 11.8. The minimum Gasteiger partial charge on any atom is -0.444 e. The van der Waals surface area contributed by atoms with Gasteiger partial charge in [-0.1, -0.05) is 22.0 Å². The summed E-state index contributed by atoms with van der Waals surface area (Å²) < 4.78 is 6.00. The zero-order valence-corrected chi connectivity index (χ0v) is 13.5. The fourth-order valence-electron chi connectivity index (χ4n) is 1.65. The number of carbonyl (C=O) groups is 1. The molecule has 1 amide bonds. The molecule has 0 aliphatic carbocycles. The van der Waals surface area contributed by atoms with E-state index < -0.39 is 17.8 Å². The van der Waals surface area contributed by atoms with E-state index in [9.17, 15) is 9.90 Å². The second kappa shape index (κ2) is 7.06. The van der Waals surface area contributed by atoms with E-state index in [0.29, 0.717) is 24.2 Å². The van der Waals surface area contributed by atoms with Crippen LogP contribution in [0.3, 0.4) is 0 Å². The average Bonchev–Trinajstić information content (AvgIpc) is 2.26. The first-order chi connectivity index (χ1) is 9.23. The first-order valence-corrected chi connectivity index (χ1v) is 7.20. The smallest absolute Gasteiger partial charge is 0.412 e. The van der Waals surface area contributed by atoms with Gasteiger partial charge in [0.05, 0.1) is 11.8 Å². The Kier molecular flexibility index (Phi) is 5.98. The Labute approximate surface area is 127 Å². The van der Waals surface area contributed by atoms with Crippen LogP contribution in [-0.4, -0.2) is 23.3 Å². The predicted molar refractivity (Wildman–Crippen MR) is 82.6 cm³/mol. The van der Waals surface area contributed by atoms with Crippen LogP contribution >= 0.6 is 15.9 Å². The number of hydrogen-bond acceptors (Lipinski definition) is 4. The Morgan fingerprint density at radius 3 is 2.70 bits per heavy atom. The molecule has 20 heavy (non-hydrogen) atoms. The number of aliphatic hydroxyl groups is 1. The molecule has 6 heteroatoms. The molecule has 1 aromatic carbocycles. The predicted octanol–water partition coefficient (Wildman–Crippen LogP) is 3.18. The number of halogens is 1. The number of carbonyl (C=O) groups excluding carboxylic acids is 1. The van der Waals surface area contributed by atoms with Crippen molar-refractivity contribution in [2.24, 2.45) is 5.73 Å². The molecule has 4 N–H and O–H groups in total. The Balaban J connectivity index is 2.92. The van der Waals surface area contributed by atoms with Gasteiger partial charge in [0.25, 0.3) is 0 Å². The molecular weight excluding hydrogens is 324 g/mol. The van der Waals surface area contributed by atoms with Gasteiger partial charge in [-0.2, -0.15) is 0 Å². The lowest BCUT2D eigenvalue weighted by atomic mass is 10.0. The van der Waals surface area contributed by atoms with Gasteiger partial charge in [0.15, 0.2) is 0 Å². The van der Waals surface area contributed by atoms with Crippen molar-refractivity contribution in [1.82, 2.24) is 0 Å². The quantitative estimate of drug-likeness (QED) is 0.783. The summed E-state index contributed by atoms with van der Waals surface area (Å²) in [6.07, 6.45) is -0.861. The highest BCUT2D eigenvalue weighted by atomic mass is 79.9. The van der Waals surface area contributed by atoms with Crippen molar-refractivity contribution < 1.29 is 14.6 Å². The van der Waals surface area contributed by atoms with Crippen molar-refractivity contribution in [2.75, 3.05) is 11.9 Å². The number of rotatable bonds is 4. The van der Waals surface area contributed by atoms with Crippen LogP contribution in [0.25, 0.3) is 0 Å². The first-order valence-electron chi connectivity index (χ1n) is 6.40. The molecule has 0 fully saturated rings. The summed E-state index contributed by atoms with van der Waals surface area (Å²) in [5.41, 5.74) is 6.00. The van der Waals surface area contributed by atoms with Crippen LogP contribution in [0.2, 0.25) is 0 Å². The molecule has 0 saturated heterocycles. The largest absolute Gasteiger partial charge is 0.444 e. The molecule has 5 nitrogen and oxygen atoms in total. The Bertz CT molecular complexity index is 472. The van der Waals surface area contributed by atoms with Crippen LogP contribution in [0.4, 0.5) is 10.5 Å². The summed E-state index contributed by atoms with van der Waals surface area (Å²) in [6.45, 7) is 5.73. The SMILES string of the molecule is CC(C)(C)OC(=O)Nc1cc(Br)ccc1[C@H](O)CCN. The van der Waals surface area contributed by atoms with Gasteiger partial charge in [-0.05, 0) is 45.9 Å². The van der Waals surface area contributed by atoms with Gasteiger partial charge in [-0.15, -0.1) is 0 Å². The lowest BCUT2D eigenvalue weighted by Crippen LogP contribution is -2.27. The average molecular weight is 345 g/mol. The number of benzene rings is 1. The number of ether oxygens (including phenoxy) is 1. The summed E-state index contributed by atoms with van der Waals surface area (Å²) >= 11 is 3.34.